The summed E-state index contributed by atoms with van der Waals surface area (Å²) in [5.41, 5.74) is 7.72. The van der Waals surface area contributed by atoms with Crippen molar-refractivity contribution >= 4 is 23.3 Å². The number of halogens is 4. The quantitative estimate of drug-likeness (QED) is 0.861. The van der Waals surface area contributed by atoms with Crippen LogP contribution in [0.2, 0.25) is 0 Å². The number of aryl methyl sites for hydroxylation is 1. The van der Waals surface area contributed by atoms with Gasteiger partial charge in [-0.15, -0.1) is 12.4 Å². The average molecular weight is 279 g/mol. The molecule has 0 spiro atoms. The molecule has 0 aliphatic carbocycles. The van der Waals surface area contributed by atoms with Crippen LogP contribution >= 0.6 is 12.4 Å². The van der Waals surface area contributed by atoms with Crippen LogP contribution in [0.3, 0.4) is 0 Å². The van der Waals surface area contributed by atoms with Gasteiger partial charge in [-0.2, -0.15) is 13.2 Å². The zero-order chi connectivity index (χ0) is 12.6. The summed E-state index contributed by atoms with van der Waals surface area (Å²) < 4.78 is 37.0. The number of fused-ring (bicyclic) bond motifs is 1. The van der Waals surface area contributed by atoms with Crippen molar-refractivity contribution in [2.45, 2.75) is 25.6 Å². The van der Waals surface area contributed by atoms with Crippen LogP contribution in [0, 0.1) is 6.92 Å². The predicted molar refractivity (Wildman–Crippen MR) is 67.9 cm³/mol. The Balaban J connectivity index is 0.00000162. The number of para-hydroxylation sites is 1. The molecule has 1 heterocycles. The highest BCUT2D eigenvalue weighted by molar-refractivity contribution is 5.85. The molecular formula is C12H14ClF3N2. The maximum Gasteiger partial charge on any atom is 0.390 e. The first-order valence-electron chi connectivity index (χ1n) is 5.28. The lowest BCUT2D eigenvalue weighted by Crippen LogP contribution is -2.20. The maximum absolute atomic E-state index is 12.3. The number of alkyl halides is 3. The summed E-state index contributed by atoms with van der Waals surface area (Å²) in [6, 6.07) is 6.21. The van der Waals surface area contributed by atoms with Crippen LogP contribution in [0.5, 0.6) is 0 Å². The van der Waals surface area contributed by atoms with E-state index in [0.29, 0.717) is 11.3 Å². The van der Waals surface area contributed by atoms with E-state index in [-0.39, 0.29) is 12.4 Å². The maximum atomic E-state index is 12.3. The molecule has 2 nitrogen and oxygen atoms in total. The number of H-pyrrole nitrogens is 1. The Kier molecular flexibility index (Phi) is 4.29. The Morgan fingerprint density at radius 1 is 1.28 bits per heavy atom. The van der Waals surface area contributed by atoms with Crippen LogP contribution in [0.1, 0.15) is 23.7 Å². The normalized spacial score (nSPS) is 13.4. The third-order valence-electron chi connectivity index (χ3n) is 2.77. The van der Waals surface area contributed by atoms with Gasteiger partial charge in [-0.25, -0.2) is 0 Å². The van der Waals surface area contributed by atoms with E-state index in [1.807, 2.05) is 12.1 Å². The lowest BCUT2D eigenvalue weighted by Gasteiger charge is -2.14. The number of aromatic nitrogens is 1. The average Bonchev–Trinajstić information content (AvgIpc) is 2.50. The lowest BCUT2D eigenvalue weighted by molar-refractivity contribution is -0.138. The summed E-state index contributed by atoms with van der Waals surface area (Å²) in [7, 11) is 0. The highest BCUT2D eigenvalue weighted by Crippen LogP contribution is 2.33. The van der Waals surface area contributed by atoms with Crippen LogP contribution in [0.25, 0.3) is 10.9 Å². The Morgan fingerprint density at radius 2 is 1.89 bits per heavy atom. The van der Waals surface area contributed by atoms with E-state index in [1.165, 1.54) is 0 Å². The van der Waals surface area contributed by atoms with Crippen molar-refractivity contribution in [3.8, 4) is 0 Å². The van der Waals surface area contributed by atoms with Gasteiger partial charge in [0.15, 0.2) is 0 Å². The number of nitrogens with one attached hydrogen (secondary N) is 1. The zero-order valence-electron chi connectivity index (χ0n) is 9.71. The van der Waals surface area contributed by atoms with Gasteiger partial charge in [-0.3, -0.25) is 0 Å². The van der Waals surface area contributed by atoms with E-state index >= 15 is 0 Å². The molecule has 0 amide bonds. The van der Waals surface area contributed by atoms with Crippen LogP contribution in [0.15, 0.2) is 24.3 Å². The molecule has 0 bridgehead atoms. The Hall–Kier alpha value is -1.20. The molecule has 0 unspecified atom stereocenters. The second kappa shape index (κ2) is 5.20. The van der Waals surface area contributed by atoms with E-state index < -0.39 is 18.6 Å². The Morgan fingerprint density at radius 3 is 2.50 bits per heavy atom. The minimum Gasteiger partial charge on any atom is -0.358 e. The summed E-state index contributed by atoms with van der Waals surface area (Å²) in [6.07, 6.45) is -5.25. The van der Waals surface area contributed by atoms with Crippen LogP contribution in [-0.2, 0) is 0 Å². The molecule has 1 aromatic heterocycles. The highest BCUT2D eigenvalue weighted by atomic mass is 35.5. The summed E-state index contributed by atoms with van der Waals surface area (Å²) in [5.74, 6) is 0. The van der Waals surface area contributed by atoms with Gasteiger partial charge in [0.25, 0.3) is 0 Å². The van der Waals surface area contributed by atoms with Crippen molar-refractivity contribution in [1.29, 1.82) is 0 Å². The largest absolute Gasteiger partial charge is 0.390 e. The second-order valence-electron chi connectivity index (χ2n) is 4.14. The fraction of sp³-hybridized carbons (Fsp3) is 0.333. The predicted octanol–water partition coefficient (Wildman–Crippen LogP) is 3.85. The summed E-state index contributed by atoms with van der Waals surface area (Å²) in [5, 5.41) is 0.766. The molecule has 2 rings (SSSR count). The molecule has 1 atom stereocenters. The number of benzene rings is 1. The number of hydrogen-bond acceptors (Lipinski definition) is 1. The highest BCUT2D eigenvalue weighted by Gasteiger charge is 2.32. The molecule has 2 aromatic rings. The molecule has 100 valence electrons. The Bertz CT molecular complexity index is 534. The first-order chi connectivity index (χ1) is 7.88. The standard InChI is InChI=1S/C12H13F3N2.ClH/c1-7-11(9(16)6-12(13,14)15)8-4-2-3-5-10(8)17-7;/h2-5,9,17H,6,16H2,1H3;1H/t9-;/m0./s1. The number of nitrogens with two attached hydrogens (primary N) is 1. The summed E-state index contributed by atoms with van der Waals surface area (Å²) in [6.45, 7) is 1.74. The number of hydrogen-bond donors (Lipinski definition) is 2. The third kappa shape index (κ3) is 2.97. The van der Waals surface area contributed by atoms with E-state index in [4.69, 9.17) is 5.73 Å². The van der Waals surface area contributed by atoms with Gasteiger partial charge in [0, 0.05) is 22.6 Å². The molecule has 0 saturated heterocycles. The minimum atomic E-state index is -4.25. The SMILES string of the molecule is Cc1[nH]c2ccccc2c1[C@@H](N)CC(F)(F)F.Cl. The monoisotopic (exact) mass is 278 g/mol. The van der Waals surface area contributed by atoms with Gasteiger partial charge < -0.3 is 10.7 Å². The molecule has 0 saturated carbocycles. The molecular weight excluding hydrogens is 265 g/mol. The Labute approximate surface area is 109 Å². The molecule has 0 aliphatic rings. The van der Waals surface area contributed by atoms with E-state index in [1.54, 1.807) is 19.1 Å². The number of rotatable bonds is 2. The third-order valence-corrected chi connectivity index (χ3v) is 2.77. The molecule has 0 radical (unpaired) electrons. The lowest BCUT2D eigenvalue weighted by atomic mass is 10.0. The van der Waals surface area contributed by atoms with Crippen molar-refractivity contribution in [2.24, 2.45) is 5.73 Å². The zero-order valence-corrected chi connectivity index (χ0v) is 10.5. The van der Waals surface area contributed by atoms with Gasteiger partial charge in [-0.1, -0.05) is 18.2 Å². The molecule has 1 aromatic carbocycles. The van der Waals surface area contributed by atoms with Crippen LogP contribution in [-0.4, -0.2) is 11.2 Å². The van der Waals surface area contributed by atoms with Crippen molar-refractivity contribution in [2.75, 3.05) is 0 Å². The molecule has 3 N–H and O–H groups in total. The molecule has 0 fully saturated rings. The first-order valence-corrected chi connectivity index (χ1v) is 5.28. The second-order valence-corrected chi connectivity index (χ2v) is 4.14. The van der Waals surface area contributed by atoms with Gasteiger partial charge in [0.05, 0.1) is 6.42 Å². The molecule has 0 aliphatic heterocycles. The first kappa shape index (κ1) is 14.9. The fourth-order valence-electron chi connectivity index (χ4n) is 2.13. The summed E-state index contributed by atoms with van der Waals surface area (Å²) in [4.78, 5) is 3.05. The van der Waals surface area contributed by atoms with Gasteiger partial charge >= 0.3 is 6.18 Å². The van der Waals surface area contributed by atoms with Gasteiger partial charge in [0.1, 0.15) is 0 Å². The minimum absolute atomic E-state index is 0. The smallest absolute Gasteiger partial charge is 0.358 e. The molecule has 6 heteroatoms. The summed E-state index contributed by atoms with van der Waals surface area (Å²) >= 11 is 0. The topological polar surface area (TPSA) is 41.8 Å². The van der Waals surface area contributed by atoms with E-state index in [9.17, 15) is 13.2 Å². The van der Waals surface area contributed by atoms with Crippen molar-refractivity contribution < 1.29 is 13.2 Å². The van der Waals surface area contributed by atoms with E-state index in [2.05, 4.69) is 4.98 Å². The van der Waals surface area contributed by atoms with Gasteiger partial charge in [-0.05, 0) is 18.6 Å². The van der Waals surface area contributed by atoms with Crippen LogP contribution in [0.4, 0.5) is 13.2 Å². The van der Waals surface area contributed by atoms with Crippen molar-refractivity contribution in [3.63, 3.8) is 0 Å². The van der Waals surface area contributed by atoms with Crippen molar-refractivity contribution in [3.05, 3.63) is 35.5 Å². The number of aromatic amines is 1. The van der Waals surface area contributed by atoms with Gasteiger partial charge in [0.2, 0.25) is 0 Å². The van der Waals surface area contributed by atoms with E-state index in [0.717, 1.165) is 10.9 Å². The van der Waals surface area contributed by atoms with Crippen LogP contribution < -0.4 is 5.73 Å². The fourth-order valence-corrected chi connectivity index (χ4v) is 2.13. The molecule has 18 heavy (non-hydrogen) atoms. The van der Waals surface area contributed by atoms with Crippen molar-refractivity contribution in [1.82, 2.24) is 4.98 Å².